The fourth-order valence-electron chi connectivity index (χ4n) is 1.86. The van der Waals surface area contributed by atoms with E-state index in [1.807, 2.05) is 18.5 Å². The minimum atomic E-state index is -0.213. The molecule has 0 aliphatic carbocycles. The van der Waals surface area contributed by atoms with Crippen LogP contribution in [0.25, 0.3) is 0 Å². The van der Waals surface area contributed by atoms with Gasteiger partial charge in [-0.25, -0.2) is 4.39 Å². The van der Waals surface area contributed by atoms with E-state index in [9.17, 15) is 4.39 Å². The van der Waals surface area contributed by atoms with E-state index in [2.05, 4.69) is 29.4 Å². The van der Waals surface area contributed by atoms with Gasteiger partial charge in [0.2, 0.25) is 0 Å². The molecule has 1 aromatic carbocycles. The Morgan fingerprint density at radius 3 is 2.71 bits per heavy atom. The number of nitrogens with one attached hydrogen (secondary N) is 1. The molecule has 0 radical (unpaired) electrons. The minimum absolute atomic E-state index is 0.213. The molecule has 0 atom stereocenters. The van der Waals surface area contributed by atoms with E-state index < -0.39 is 0 Å². The van der Waals surface area contributed by atoms with Gasteiger partial charge < -0.3 is 9.88 Å². The van der Waals surface area contributed by atoms with Gasteiger partial charge in [-0.3, -0.25) is 0 Å². The van der Waals surface area contributed by atoms with Gasteiger partial charge in [-0.15, -0.1) is 10.2 Å². The fourth-order valence-corrected chi connectivity index (χ4v) is 2.80. The predicted octanol–water partition coefficient (Wildman–Crippen LogP) is 3.16. The van der Waals surface area contributed by atoms with E-state index in [4.69, 9.17) is 0 Å². The van der Waals surface area contributed by atoms with Crippen molar-refractivity contribution in [2.24, 2.45) is 13.0 Å². The molecular formula is C15H21FN4S. The first-order valence-electron chi connectivity index (χ1n) is 7.00. The van der Waals surface area contributed by atoms with Crippen molar-refractivity contribution in [1.82, 2.24) is 20.1 Å². The second-order valence-electron chi connectivity index (χ2n) is 5.47. The lowest BCUT2D eigenvalue weighted by atomic mass is 10.2. The van der Waals surface area contributed by atoms with Gasteiger partial charge in [-0.05, 0) is 54.9 Å². The number of halogens is 1. The second-order valence-corrected chi connectivity index (χ2v) is 6.48. The summed E-state index contributed by atoms with van der Waals surface area (Å²) in [4.78, 5) is 1.00. The number of aromatic nitrogens is 3. The highest BCUT2D eigenvalue weighted by Gasteiger charge is 2.11. The topological polar surface area (TPSA) is 42.7 Å². The molecule has 2 rings (SSSR count). The molecule has 0 aliphatic heterocycles. The molecule has 1 heterocycles. The standard InChI is InChI=1S/C15H21FN4S/c1-10(2)8-17-9-12-7-13(16)5-6-14(12)21-15-19-18-11(3)20(15)4/h5-7,10,17H,8-9H2,1-4H3. The first kappa shape index (κ1) is 16.0. The van der Waals surface area contributed by atoms with Crippen molar-refractivity contribution in [1.29, 1.82) is 0 Å². The molecule has 21 heavy (non-hydrogen) atoms. The van der Waals surface area contributed by atoms with Gasteiger partial charge in [0.05, 0.1) is 0 Å². The largest absolute Gasteiger partial charge is 0.312 e. The molecule has 114 valence electrons. The van der Waals surface area contributed by atoms with Crippen LogP contribution in [0.5, 0.6) is 0 Å². The van der Waals surface area contributed by atoms with Crippen molar-refractivity contribution < 1.29 is 4.39 Å². The Bertz CT molecular complexity index is 610. The third-order valence-corrected chi connectivity index (χ3v) is 4.30. The predicted molar refractivity (Wildman–Crippen MR) is 82.8 cm³/mol. The zero-order valence-electron chi connectivity index (χ0n) is 12.9. The summed E-state index contributed by atoms with van der Waals surface area (Å²) in [6.07, 6.45) is 0. The van der Waals surface area contributed by atoms with Gasteiger partial charge in [0, 0.05) is 18.5 Å². The zero-order chi connectivity index (χ0) is 15.4. The Morgan fingerprint density at radius 2 is 2.10 bits per heavy atom. The number of hydrogen-bond acceptors (Lipinski definition) is 4. The Labute approximate surface area is 129 Å². The lowest BCUT2D eigenvalue weighted by molar-refractivity contribution is 0.547. The molecule has 0 saturated carbocycles. The molecule has 1 N–H and O–H groups in total. The molecule has 0 fully saturated rings. The normalized spacial score (nSPS) is 11.3. The van der Waals surface area contributed by atoms with Crippen LogP contribution in [0.4, 0.5) is 4.39 Å². The molecule has 0 spiro atoms. The Morgan fingerprint density at radius 1 is 1.33 bits per heavy atom. The number of aryl methyl sites for hydroxylation is 1. The quantitative estimate of drug-likeness (QED) is 0.890. The number of nitrogens with zero attached hydrogens (tertiary/aromatic N) is 3. The van der Waals surface area contributed by atoms with Crippen LogP contribution in [0.15, 0.2) is 28.3 Å². The average molecular weight is 308 g/mol. The molecule has 4 nitrogen and oxygen atoms in total. The molecule has 0 bridgehead atoms. The van der Waals surface area contributed by atoms with Crippen molar-refractivity contribution in [3.8, 4) is 0 Å². The van der Waals surface area contributed by atoms with Gasteiger partial charge in [0.15, 0.2) is 5.16 Å². The minimum Gasteiger partial charge on any atom is -0.312 e. The summed E-state index contributed by atoms with van der Waals surface area (Å²) in [6, 6.07) is 4.87. The maximum atomic E-state index is 13.5. The van der Waals surface area contributed by atoms with Crippen molar-refractivity contribution >= 4 is 11.8 Å². The Hall–Kier alpha value is -1.40. The third kappa shape index (κ3) is 4.28. The van der Waals surface area contributed by atoms with Gasteiger partial charge in [-0.2, -0.15) is 0 Å². The maximum Gasteiger partial charge on any atom is 0.195 e. The van der Waals surface area contributed by atoms with Crippen molar-refractivity contribution in [3.05, 3.63) is 35.4 Å². The summed E-state index contributed by atoms with van der Waals surface area (Å²) in [6.45, 7) is 7.76. The van der Waals surface area contributed by atoms with Gasteiger partial charge >= 0.3 is 0 Å². The van der Waals surface area contributed by atoms with Crippen molar-refractivity contribution in [2.75, 3.05) is 6.54 Å². The number of rotatable bonds is 6. The smallest absolute Gasteiger partial charge is 0.195 e. The highest BCUT2D eigenvalue weighted by Crippen LogP contribution is 2.29. The summed E-state index contributed by atoms with van der Waals surface area (Å²) in [5.41, 5.74) is 0.946. The fraction of sp³-hybridized carbons (Fsp3) is 0.467. The van der Waals surface area contributed by atoms with Crippen molar-refractivity contribution in [3.63, 3.8) is 0 Å². The Kier molecular flexibility index (Phi) is 5.36. The zero-order valence-corrected chi connectivity index (χ0v) is 13.7. The van der Waals surface area contributed by atoms with Crippen LogP contribution < -0.4 is 5.32 Å². The van der Waals surface area contributed by atoms with E-state index in [1.165, 1.54) is 17.8 Å². The third-order valence-electron chi connectivity index (χ3n) is 3.14. The highest BCUT2D eigenvalue weighted by molar-refractivity contribution is 7.99. The SMILES string of the molecule is Cc1nnc(Sc2ccc(F)cc2CNCC(C)C)n1C. The molecule has 0 amide bonds. The van der Waals surface area contributed by atoms with Crippen molar-refractivity contribution in [2.45, 2.75) is 37.4 Å². The van der Waals surface area contributed by atoms with Crippen LogP contribution in [0, 0.1) is 18.7 Å². The van der Waals surface area contributed by atoms with E-state index in [0.29, 0.717) is 12.5 Å². The average Bonchev–Trinajstić information content (AvgIpc) is 2.73. The molecule has 2 aromatic rings. The maximum absolute atomic E-state index is 13.5. The molecule has 0 unspecified atom stereocenters. The molecule has 0 saturated heterocycles. The first-order chi connectivity index (χ1) is 9.97. The lowest BCUT2D eigenvalue weighted by Crippen LogP contribution is -2.19. The highest BCUT2D eigenvalue weighted by atomic mass is 32.2. The van der Waals surface area contributed by atoms with Crippen LogP contribution in [-0.2, 0) is 13.6 Å². The number of benzene rings is 1. The van der Waals surface area contributed by atoms with Gasteiger partial charge in [0.25, 0.3) is 0 Å². The van der Waals surface area contributed by atoms with E-state index >= 15 is 0 Å². The van der Waals surface area contributed by atoms with Gasteiger partial charge in [-0.1, -0.05) is 13.8 Å². The summed E-state index contributed by atoms with van der Waals surface area (Å²) in [5.74, 6) is 1.21. The summed E-state index contributed by atoms with van der Waals surface area (Å²) >= 11 is 1.51. The van der Waals surface area contributed by atoms with Crippen LogP contribution >= 0.6 is 11.8 Å². The van der Waals surface area contributed by atoms with Crippen LogP contribution in [-0.4, -0.2) is 21.3 Å². The van der Waals surface area contributed by atoms with E-state index in [-0.39, 0.29) is 5.82 Å². The lowest BCUT2D eigenvalue weighted by Gasteiger charge is -2.11. The molecular weight excluding hydrogens is 287 g/mol. The Balaban J connectivity index is 2.16. The van der Waals surface area contributed by atoms with Crippen LogP contribution in [0.1, 0.15) is 25.2 Å². The van der Waals surface area contributed by atoms with Gasteiger partial charge in [0.1, 0.15) is 11.6 Å². The summed E-state index contributed by atoms with van der Waals surface area (Å²) < 4.78 is 15.4. The molecule has 6 heteroatoms. The first-order valence-corrected chi connectivity index (χ1v) is 7.82. The molecule has 1 aromatic heterocycles. The summed E-state index contributed by atoms with van der Waals surface area (Å²) in [7, 11) is 1.93. The summed E-state index contributed by atoms with van der Waals surface area (Å²) in [5, 5.41) is 12.4. The van der Waals surface area contributed by atoms with Crippen LogP contribution in [0.2, 0.25) is 0 Å². The monoisotopic (exact) mass is 308 g/mol. The van der Waals surface area contributed by atoms with Crippen LogP contribution in [0.3, 0.4) is 0 Å². The van der Waals surface area contributed by atoms with E-state index in [0.717, 1.165) is 28.0 Å². The second kappa shape index (κ2) is 7.04. The van der Waals surface area contributed by atoms with E-state index in [1.54, 1.807) is 12.1 Å². The molecule has 0 aliphatic rings. The number of hydrogen-bond donors (Lipinski definition) is 1.